The molecule has 0 aliphatic heterocycles. The fraction of sp³-hybridized carbons (Fsp3) is 0.200. The summed E-state index contributed by atoms with van der Waals surface area (Å²) in [7, 11) is 0. The Morgan fingerprint density at radius 3 is 2.29 bits per heavy atom. The van der Waals surface area contributed by atoms with Crippen molar-refractivity contribution in [2.24, 2.45) is 0 Å². The summed E-state index contributed by atoms with van der Waals surface area (Å²) in [5.41, 5.74) is 0. The Kier molecular flexibility index (Phi) is 9.95. The van der Waals surface area contributed by atoms with E-state index in [1.165, 1.54) is 0 Å². The molecule has 1 aliphatic carbocycles. The van der Waals surface area contributed by atoms with Crippen LogP contribution in [0.2, 0.25) is 0 Å². The average Bonchev–Trinajstić information content (AvgIpc) is 1.76. The minimum Gasteiger partial charge on any atom is -0.273 e. The maximum absolute atomic E-state index is 2.99. The van der Waals surface area contributed by atoms with Gasteiger partial charge in [0.1, 0.15) is 0 Å². The summed E-state index contributed by atoms with van der Waals surface area (Å²) in [6.45, 7) is 0. The minimum absolute atomic E-state index is 0. The van der Waals surface area contributed by atoms with Gasteiger partial charge in [0.25, 0.3) is 0 Å². The Morgan fingerprint density at radius 1 is 1.43 bits per heavy atom. The van der Waals surface area contributed by atoms with Gasteiger partial charge in [-0.25, -0.2) is 12.2 Å². The summed E-state index contributed by atoms with van der Waals surface area (Å²) >= 11 is 0. The summed E-state index contributed by atoms with van der Waals surface area (Å²) in [6.07, 6.45) is 10.0. The summed E-state index contributed by atoms with van der Waals surface area (Å²) in [5.74, 6) is 0. The van der Waals surface area contributed by atoms with Crippen LogP contribution in [0.4, 0.5) is 0 Å². The first kappa shape index (κ1) is 10.6. The van der Waals surface area contributed by atoms with Crippen molar-refractivity contribution in [2.75, 3.05) is 0 Å². The van der Waals surface area contributed by atoms with Crippen LogP contribution in [-0.4, -0.2) is 0 Å². The zero-order valence-electron chi connectivity index (χ0n) is 3.61. The monoisotopic (exact) mass is 225 g/mol. The number of rotatable bonds is 0. The summed E-state index contributed by atoms with van der Waals surface area (Å²) < 4.78 is 0. The topological polar surface area (TPSA) is 0 Å². The molecule has 0 aromatic carbocycles. The third-order valence-corrected chi connectivity index (χ3v) is 0.586. The van der Waals surface area contributed by atoms with E-state index < -0.39 is 0 Å². The van der Waals surface area contributed by atoms with Crippen LogP contribution in [-0.2, 0) is 36.0 Å². The van der Waals surface area contributed by atoms with E-state index in [4.69, 9.17) is 0 Å². The van der Waals surface area contributed by atoms with Gasteiger partial charge in [-0.3, -0.25) is 6.08 Å². The molecule has 0 saturated heterocycles. The number of hydrogen-bond acceptors (Lipinski definition) is 0. The van der Waals surface area contributed by atoms with Gasteiger partial charge in [-0.1, -0.05) is 0 Å². The van der Waals surface area contributed by atoms with Crippen molar-refractivity contribution in [1.82, 2.24) is 0 Å². The number of hydrogen-bond donors (Lipinski definition) is 0. The molecule has 0 aromatic rings. The first-order chi connectivity index (χ1) is 2.50. The summed E-state index contributed by atoms with van der Waals surface area (Å²) in [6, 6.07) is 0. The fourth-order valence-electron chi connectivity index (χ4n) is 0.340. The van der Waals surface area contributed by atoms with Crippen molar-refractivity contribution in [1.29, 1.82) is 0 Å². The predicted octanol–water partition coefficient (Wildman–Crippen LogP) is 1.30. The third-order valence-electron chi connectivity index (χ3n) is 0.586. The molecule has 44 valence electrons. The van der Waals surface area contributed by atoms with E-state index in [2.05, 4.69) is 12.2 Å². The molecule has 0 radical (unpaired) electrons. The van der Waals surface area contributed by atoms with Crippen molar-refractivity contribution >= 4 is 0 Å². The van der Waals surface area contributed by atoms with Crippen LogP contribution in [0.1, 0.15) is 6.42 Å². The molecule has 0 spiro atoms. The molecule has 1 aliphatic rings. The molecule has 0 fully saturated rings. The first-order valence-corrected chi connectivity index (χ1v) is 1.72. The van der Waals surface area contributed by atoms with Crippen LogP contribution < -0.4 is 0 Å². The molecular weight excluding hydrogens is 220 g/mol. The van der Waals surface area contributed by atoms with Crippen LogP contribution in [0.25, 0.3) is 0 Å². The normalized spacial score (nSPS) is 12.6. The Labute approximate surface area is 66.7 Å². The molecule has 0 amide bonds. The van der Waals surface area contributed by atoms with E-state index in [1.54, 1.807) is 0 Å². The molecule has 0 atom stereocenters. The van der Waals surface area contributed by atoms with E-state index in [9.17, 15) is 0 Å². The minimum atomic E-state index is 0. The fourth-order valence-corrected chi connectivity index (χ4v) is 0.340. The van der Waals surface area contributed by atoms with Gasteiger partial charge in [0.2, 0.25) is 0 Å². The first-order valence-electron chi connectivity index (χ1n) is 1.72. The van der Waals surface area contributed by atoms with E-state index in [1.807, 2.05) is 12.2 Å². The van der Waals surface area contributed by atoms with Crippen LogP contribution in [0.15, 0.2) is 18.2 Å². The van der Waals surface area contributed by atoms with Crippen molar-refractivity contribution < 1.29 is 36.0 Å². The molecule has 7 heavy (non-hydrogen) atoms. The molecule has 1 rings (SSSR count). The van der Waals surface area contributed by atoms with Gasteiger partial charge in [0.15, 0.2) is 0 Å². The van der Waals surface area contributed by atoms with Gasteiger partial charge < -0.3 is 0 Å². The smallest absolute Gasteiger partial charge is 0 e. The van der Waals surface area contributed by atoms with Crippen molar-refractivity contribution in [3.05, 3.63) is 24.3 Å². The summed E-state index contributed by atoms with van der Waals surface area (Å²) in [5, 5.41) is 0. The van der Waals surface area contributed by atoms with Gasteiger partial charge in [0, 0.05) is 36.0 Å². The second kappa shape index (κ2) is 6.60. The number of allylic oxidation sites excluding steroid dienone is 4. The predicted molar refractivity (Wildman–Crippen MR) is 21.6 cm³/mol. The van der Waals surface area contributed by atoms with Crippen LogP contribution in [0, 0.1) is 6.08 Å². The Morgan fingerprint density at radius 2 is 2.14 bits per heavy atom. The van der Waals surface area contributed by atoms with Gasteiger partial charge in [-0.05, 0) is 0 Å². The van der Waals surface area contributed by atoms with Gasteiger partial charge >= 0.3 is 0 Å². The molecule has 0 bridgehead atoms. The SMILES string of the molecule is [C-]1=CC=CC1.[Ni].[Ru]. The second-order valence-corrected chi connectivity index (χ2v) is 1.00. The molecule has 0 saturated carbocycles. The standard InChI is InChI=1S/C5H5.Ni.Ru/c1-2-4-5-3-1;;/h1-3H,4H2;;/q-1;;. The molecule has 0 heterocycles. The third kappa shape index (κ3) is 4.45. The molecule has 2 heteroatoms. The van der Waals surface area contributed by atoms with Crippen LogP contribution in [0.3, 0.4) is 0 Å². The average molecular weight is 225 g/mol. The second-order valence-electron chi connectivity index (χ2n) is 1.00. The quantitative estimate of drug-likeness (QED) is 0.430. The van der Waals surface area contributed by atoms with Crippen molar-refractivity contribution in [2.45, 2.75) is 6.42 Å². The van der Waals surface area contributed by atoms with Gasteiger partial charge in [-0.15, -0.1) is 6.42 Å². The van der Waals surface area contributed by atoms with Gasteiger partial charge in [0.05, 0.1) is 0 Å². The molecule has 0 aromatic heterocycles. The van der Waals surface area contributed by atoms with Crippen molar-refractivity contribution in [3.8, 4) is 0 Å². The van der Waals surface area contributed by atoms with E-state index >= 15 is 0 Å². The largest absolute Gasteiger partial charge is 0.273 e. The van der Waals surface area contributed by atoms with Crippen molar-refractivity contribution in [3.63, 3.8) is 0 Å². The van der Waals surface area contributed by atoms with Crippen LogP contribution >= 0.6 is 0 Å². The molecule has 0 nitrogen and oxygen atoms in total. The maximum atomic E-state index is 2.99. The van der Waals surface area contributed by atoms with Crippen LogP contribution in [0.5, 0.6) is 0 Å². The molecule has 0 N–H and O–H groups in total. The Hall–Kier alpha value is 0.597. The molecule has 0 unspecified atom stereocenters. The van der Waals surface area contributed by atoms with E-state index in [0.29, 0.717) is 0 Å². The zero-order valence-corrected chi connectivity index (χ0v) is 6.33. The van der Waals surface area contributed by atoms with E-state index in [0.717, 1.165) is 6.42 Å². The van der Waals surface area contributed by atoms with Gasteiger partial charge in [-0.2, -0.15) is 6.08 Å². The summed E-state index contributed by atoms with van der Waals surface area (Å²) in [4.78, 5) is 0. The molecular formula is C5H5NiRu-. The zero-order chi connectivity index (χ0) is 3.54. The van der Waals surface area contributed by atoms with E-state index in [-0.39, 0.29) is 36.0 Å². The Balaban J connectivity index is 0. The maximum Gasteiger partial charge on any atom is 0 e. The Bertz CT molecular complexity index is 66.1.